The molecule has 0 unspecified atom stereocenters. The van der Waals surface area contributed by atoms with E-state index >= 15 is 0 Å². The molecule has 0 amide bonds. The van der Waals surface area contributed by atoms with E-state index in [2.05, 4.69) is 16.4 Å². The molecule has 1 aliphatic heterocycles. The summed E-state index contributed by atoms with van der Waals surface area (Å²) in [6.07, 6.45) is 3.16. The highest BCUT2D eigenvalue weighted by Gasteiger charge is 2.31. The molecule has 0 saturated carbocycles. The van der Waals surface area contributed by atoms with Crippen LogP contribution >= 0.6 is 0 Å². The van der Waals surface area contributed by atoms with Crippen molar-refractivity contribution in [2.24, 2.45) is 5.92 Å². The average Bonchev–Trinajstić information content (AvgIpc) is 2.94. The lowest BCUT2D eigenvalue weighted by molar-refractivity contribution is -0.138. The molecule has 0 bridgehead atoms. The zero-order valence-electron chi connectivity index (χ0n) is 10.0. The molecule has 4 nitrogen and oxygen atoms in total. The lowest BCUT2D eigenvalue weighted by Gasteiger charge is -2.17. The van der Waals surface area contributed by atoms with Crippen LogP contribution < -0.4 is 5.32 Å². The van der Waals surface area contributed by atoms with Gasteiger partial charge < -0.3 is 15.4 Å². The molecule has 2 heterocycles. The summed E-state index contributed by atoms with van der Waals surface area (Å²) in [6, 6.07) is 8.29. The molecule has 1 saturated heterocycles. The van der Waals surface area contributed by atoms with E-state index in [1.54, 1.807) is 0 Å². The van der Waals surface area contributed by atoms with Crippen molar-refractivity contribution in [1.82, 2.24) is 10.3 Å². The van der Waals surface area contributed by atoms with E-state index in [9.17, 15) is 4.79 Å². The minimum atomic E-state index is -0.714. The normalized spacial score (nSPS) is 23.6. The molecule has 2 aromatic rings. The highest BCUT2D eigenvalue weighted by Crippen LogP contribution is 2.35. The van der Waals surface area contributed by atoms with E-state index in [1.165, 1.54) is 10.9 Å². The Hall–Kier alpha value is -1.81. The summed E-state index contributed by atoms with van der Waals surface area (Å²) >= 11 is 0. The topological polar surface area (TPSA) is 65.1 Å². The summed E-state index contributed by atoms with van der Waals surface area (Å²) < 4.78 is 0. The molecule has 0 radical (unpaired) electrons. The van der Waals surface area contributed by atoms with Crippen LogP contribution in [0.4, 0.5) is 0 Å². The number of carboxylic acid groups (broad SMARTS) is 1. The average molecular weight is 244 g/mol. The van der Waals surface area contributed by atoms with Gasteiger partial charge >= 0.3 is 5.97 Å². The van der Waals surface area contributed by atoms with Crippen molar-refractivity contribution < 1.29 is 9.90 Å². The van der Waals surface area contributed by atoms with Gasteiger partial charge in [0.1, 0.15) is 0 Å². The number of aromatic nitrogens is 1. The van der Waals surface area contributed by atoms with Gasteiger partial charge in [0.15, 0.2) is 0 Å². The first-order chi connectivity index (χ1) is 8.75. The molecule has 4 heteroatoms. The molecule has 94 valence electrons. The number of aromatic amines is 1. The van der Waals surface area contributed by atoms with E-state index < -0.39 is 5.97 Å². The molecular weight excluding hydrogens is 228 g/mol. The minimum Gasteiger partial charge on any atom is -0.481 e. The third kappa shape index (κ3) is 1.88. The molecule has 3 N–H and O–H groups in total. The zero-order chi connectivity index (χ0) is 12.5. The van der Waals surface area contributed by atoms with Gasteiger partial charge in [-0.25, -0.2) is 0 Å². The van der Waals surface area contributed by atoms with Crippen LogP contribution in [0.15, 0.2) is 30.5 Å². The molecular formula is C14H16N2O2. The summed E-state index contributed by atoms with van der Waals surface area (Å²) in [6.45, 7) is 0.891. The van der Waals surface area contributed by atoms with Crippen LogP contribution in [-0.2, 0) is 4.79 Å². The number of H-pyrrole nitrogens is 1. The van der Waals surface area contributed by atoms with Gasteiger partial charge in [-0.1, -0.05) is 18.2 Å². The summed E-state index contributed by atoms with van der Waals surface area (Å²) in [4.78, 5) is 14.1. The second-order valence-electron chi connectivity index (χ2n) is 4.87. The molecule has 2 atom stereocenters. The molecule has 3 rings (SSSR count). The van der Waals surface area contributed by atoms with E-state index in [1.807, 2.05) is 24.4 Å². The van der Waals surface area contributed by atoms with Gasteiger partial charge in [0, 0.05) is 23.1 Å². The number of para-hydroxylation sites is 1. The van der Waals surface area contributed by atoms with Crippen molar-refractivity contribution in [2.75, 3.05) is 6.54 Å². The minimum absolute atomic E-state index is 0.150. The van der Waals surface area contributed by atoms with Crippen molar-refractivity contribution in [2.45, 2.75) is 18.9 Å². The Morgan fingerprint density at radius 1 is 1.39 bits per heavy atom. The standard InChI is InChI=1S/C14H16N2O2/c17-13(18)7-9-5-6-15-14(9)11-8-16-12-4-2-1-3-10(11)12/h1-4,8-9,14-16H,5-7H2,(H,17,18)/t9-,14+/m1/s1. The summed E-state index contributed by atoms with van der Waals surface area (Å²) in [5.41, 5.74) is 2.30. The molecule has 0 aliphatic carbocycles. The summed E-state index contributed by atoms with van der Waals surface area (Å²) in [5, 5.41) is 13.6. The first-order valence-electron chi connectivity index (χ1n) is 6.27. The number of aliphatic carboxylic acids is 1. The molecule has 1 aliphatic rings. The molecule has 1 fully saturated rings. The maximum atomic E-state index is 10.9. The monoisotopic (exact) mass is 244 g/mol. The maximum absolute atomic E-state index is 10.9. The predicted molar refractivity (Wildman–Crippen MR) is 69.4 cm³/mol. The van der Waals surface area contributed by atoms with Gasteiger partial charge in [-0.15, -0.1) is 0 Å². The van der Waals surface area contributed by atoms with Crippen LogP contribution in [0.5, 0.6) is 0 Å². The maximum Gasteiger partial charge on any atom is 0.303 e. The molecule has 1 aromatic carbocycles. The molecule has 18 heavy (non-hydrogen) atoms. The molecule has 0 spiro atoms. The van der Waals surface area contributed by atoms with Crippen molar-refractivity contribution >= 4 is 16.9 Å². The van der Waals surface area contributed by atoms with Gasteiger partial charge in [-0.05, 0) is 30.5 Å². The van der Waals surface area contributed by atoms with E-state index in [-0.39, 0.29) is 18.4 Å². The number of benzene rings is 1. The van der Waals surface area contributed by atoms with E-state index in [0.29, 0.717) is 0 Å². The fourth-order valence-electron chi connectivity index (χ4n) is 2.92. The Labute approximate surface area is 105 Å². The number of nitrogens with one attached hydrogen (secondary N) is 2. The van der Waals surface area contributed by atoms with E-state index in [4.69, 9.17) is 5.11 Å². The number of carboxylic acids is 1. The highest BCUT2D eigenvalue weighted by molar-refractivity contribution is 5.83. The SMILES string of the molecule is O=C(O)C[C@H]1CCN[C@@H]1c1c[nH]c2ccccc12. The number of hydrogen-bond acceptors (Lipinski definition) is 2. The number of hydrogen-bond donors (Lipinski definition) is 3. The Kier molecular flexibility index (Phi) is 2.80. The lowest BCUT2D eigenvalue weighted by Crippen LogP contribution is -2.19. The quantitative estimate of drug-likeness (QED) is 0.776. The van der Waals surface area contributed by atoms with Crippen LogP contribution in [-0.4, -0.2) is 22.6 Å². The van der Waals surface area contributed by atoms with Gasteiger partial charge in [0.2, 0.25) is 0 Å². The van der Waals surface area contributed by atoms with Crippen molar-refractivity contribution in [3.63, 3.8) is 0 Å². The second-order valence-corrected chi connectivity index (χ2v) is 4.87. The lowest BCUT2D eigenvalue weighted by atomic mass is 9.91. The summed E-state index contributed by atoms with van der Waals surface area (Å²) in [5.74, 6) is -0.532. The van der Waals surface area contributed by atoms with Gasteiger partial charge in [0.05, 0.1) is 6.42 Å². The fraction of sp³-hybridized carbons (Fsp3) is 0.357. The Morgan fingerprint density at radius 2 is 2.22 bits per heavy atom. The van der Waals surface area contributed by atoms with Crippen molar-refractivity contribution in [3.05, 3.63) is 36.0 Å². The first-order valence-corrected chi connectivity index (χ1v) is 6.27. The number of rotatable bonds is 3. The van der Waals surface area contributed by atoms with Crippen molar-refractivity contribution in [3.8, 4) is 0 Å². The summed E-state index contributed by atoms with van der Waals surface area (Å²) in [7, 11) is 0. The van der Waals surface area contributed by atoms with Crippen LogP contribution in [0, 0.1) is 5.92 Å². The van der Waals surface area contributed by atoms with Gasteiger partial charge in [-0.2, -0.15) is 0 Å². The number of carbonyl (C=O) groups is 1. The second kappa shape index (κ2) is 4.46. The first kappa shape index (κ1) is 11.3. The van der Waals surface area contributed by atoms with Crippen molar-refractivity contribution in [1.29, 1.82) is 0 Å². The third-order valence-electron chi connectivity index (χ3n) is 3.74. The predicted octanol–water partition coefficient (Wildman–Crippen LogP) is 2.29. The highest BCUT2D eigenvalue weighted by atomic mass is 16.4. The van der Waals surface area contributed by atoms with Crippen LogP contribution in [0.25, 0.3) is 10.9 Å². The van der Waals surface area contributed by atoms with Crippen LogP contribution in [0.3, 0.4) is 0 Å². The van der Waals surface area contributed by atoms with Gasteiger partial charge in [-0.3, -0.25) is 4.79 Å². The smallest absolute Gasteiger partial charge is 0.303 e. The molecule has 1 aromatic heterocycles. The third-order valence-corrected chi connectivity index (χ3v) is 3.74. The number of fused-ring (bicyclic) bond motifs is 1. The Balaban J connectivity index is 1.96. The Morgan fingerprint density at radius 3 is 3.06 bits per heavy atom. The largest absolute Gasteiger partial charge is 0.481 e. The zero-order valence-corrected chi connectivity index (χ0v) is 10.0. The van der Waals surface area contributed by atoms with E-state index in [0.717, 1.165) is 18.5 Å². The van der Waals surface area contributed by atoms with Crippen LogP contribution in [0.1, 0.15) is 24.4 Å². The Bertz CT molecular complexity index is 576. The van der Waals surface area contributed by atoms with Crippen LogP contribution in [0.2, 0.25) is 0 Å². The van der Waals surface area contributed by atoms with Gasteiger partial charge in [0.25, 0.3) is 0 Å². The fourth-order valence-corrected chi connectivity index (χ4v) is 2.92.